The molecule has 4 aromatic rings. The first-order chi connectivity index (χ1) is 16.2. The van der Waals surface area contributed by atoms with Crippen molar-refractivity contribution in [2.45, 2.75) is 24.3 Å². The molecule has 0 bridgehead atoms. The highest BCUT2D eigenvalue weighted by molar-refractivity contribution is 7.90. The molecule has 176 valence electrons. The molecule has 0 radical (unpaired) electrons. The van der Waals surface area contributed by atoms with Crippen LogP contribution in [0, 0.1) is 5.82 Å². The number of benzene rings is 2. The van der Waals surface area contributed by atoms with Gasteiger partial charge >= 0.3 is 0 Å². The third-order valence-corrected chi connectivity index (χ3v) is 6.63. The summed E-state index contributed by atoms with van der Waals surface area (Å²) in [5, 5.41) is 7.89. The van der Waals surface area contributed by atoms with Crippen LogP contribution in [0.3, 0.4) is 0 Å². The number of halogens is 1. The van der Waals surface area contributed by atoms with Crippen LogP contribution < -0.4 is 10.1 Å². The Labute approximate surface area is 196 Å². The summed E-state index contributed by atoms with van der Waals surface area (Å²) in [7, 11) is -2.12. The molecule has 0 fully saturated rings. The van der Waals surface area contributed by atoms with Crippen molar-refractivity contribution in [1.29, 1.82) is 0 Å². The first-order valence-electron chi connectivity index (χ1n) is 10.5. The van der Waals surface area contributed by atoms with Gasteiger partial charge in [0, 0.05) is 17.8 Å². The van der Waals surface area contributed by atoms with E-state index in [2.05, 4.69) is 15.4 Å². The van der Waals surface area contributed by atoms with Gasteiger partial charge in [0.15, 0.2) is 9.84 Å². The molecule has 1 N–H and O–H groups in total. The molecule has 1 amide bonds. The zero-order valence-electron chi connectivity index (χ0n) is 18.8. The minimum absolute atomic E-state index is 0.0598. The van der Waals surface area contributed by atoms with E-state index < -0.39 is 15.9 Å². The highest BCUT2D eigenvalue weighted by Crippen LogP contribution is 2.29. The lowest BCUT2D eigenvalue weighted by molar-refractivity contribution is 0.0937. The van der Waals surface area contributed by atoms with Gasteiger partial charge in [-0.25, -0.2) is 17.5 Å². The summed E-state index contributed by atoms with van der Waals surface area (Å²) < 4.78 is 44.5. The van der Waals surface area contributed by atoms with Gasteiger partial charge in [0.05, 0.1) is 42.3 Å². The number of methoxy groups -OCH3 is 1. The van der Waals surface area contributed by atoms with Crippen molar-refractivity contribution in [1.82, 2.24) is 20.1 Å². The molecule has 10 heteroatoms. The Bertz CT molecular complexity index is 1470. The SMILES string of the molecule is CC[C@H](NC(=O)c1cncc2c1cnn2-c1ccc(F)cc1)c1ccc(OC)c(S(C)(=O)=O)c1. The summed E-state index contributed by atoms with van der Waals surface area (Å²) in [5.41, 5.74) is 2.19. The van der Waals surface area contributed by atoms with E-state index in [0.29, 0.717) is 34.1 Å². The Morgan fingerprint density at radius 1 is 1.15 bits per heavy atom. The van der Waals surface area contributed by atoms with Gasteiger partial charge in [-0.15, -0.1) is 0 Å². The Hall–Kier alpha value is -3.79. The van der Waals surface area contributed by atoms with E-state index in [4.69, 9.17) is 4.74 Å². The quantitative estimate of drug-likeness (QED) is 0.429. The summed E-state index contributed by atoms with van der Waals surface area (Å²) in [6, 6.07) is 10.2. The summed E-state index contributed by atoms with van der Waals surface area (Å²) >= 11 is 0. The first kappa shape index (κ1) is 23.4. The monoisotopic (exact) mass is 482 g/mol. The standard InChI is InChI=1S/C24H23FN4O4S/c1-4-20(15-5-10-22(33-2)23(11-15)34(3,31)32)28-24(30)19-12-26-14-21-18(19)13-27-29(21)17-8-6-16(25)7-9-17/h5-14,20H,4H2,1-3H3,(H,28,30)/t20-/m0/s1. The number of carbonyl (C=O) groups excluding carboxylic acids is 1. The number of sulfone groups is 1. The lowest BCUT2D eigenvalue weighted by Gasteiger charge is -2.19. The van der Waals surface area contributed by atoms with E-state index >= 15 is 0 Å². The lowest BCUT2D eigenvalue weighted by Crippen LogP contribution is -2.28. The molecule has 0 aliphatic rings. The highest BCUT2D eigenvalue weighted by atomic mass is 32.2. The molecule has 0 saturated carbocycles. The molecule has 0 aliphatic heterocycles. The van der Waals surface area contributed by atoms with E-state index in [1.54, 1.807) is 41.3 Å². The van der Waals surface area contributed by atoms with Gasteiger partial charge in [0.25, 0.3) is 5.91 Å². The minimum Gasteiger partial charge on any atom is -0.495 e. The van der Waals surface area contributed by atoms with Crippen LogP contribution in [-0.2, 0) is 9.84 Å². The van der Waals surface area contributed by atoms with Crippen molar-refractivity contribution in [2.24, 2.45) is 0 Å². The Balaban J connectivity index is 1.67. The number of hydrogen-bond acceptors (Lipinski definition) is 6. The zero-order chi connectivity index (χ0) is 24.5. The number of nitrogens with zero attached hydrogens (tertiary/aromatic N) is 3. The van der Waals surface area contributed by atoms with E-state index in [0.717, 1.165) is 6.26 Å². The van der Waals surface area contributed by atoms with Crippen molar-refractivity contribution in [2.75, 3.05) is 13.4 Å². The average Bonchev–Trinajstić information content (AvgIpc) is 3.26. The number of ether oxygens (including phenoxy) is 1. The first-order valence-corrected chi connectivity index (χ1v) is 12.4. The van der Waals surface area contributed by atoms with E-state index in [1.807, 2.05) is 6.92 Å². The number of hydrogen-bond donors (Lipinski definition) is 1. The fourth-order valence-corrected chi connectivity index (χ4v) is 4.63. The molecule has 1 atom stereocenters. The van der Waals surface area contributed by atoms with Crippen LogP contribution in [0.15, 0.2) is 66.0 Å². The second-order valence-electron chi connectivity index (χ2n) is 7.77. The fraction of sp³-hybridized carbons (Fsp3) is 0.208. The van der Waals surface area contributed by atoms with Crippen molar-refractivity contribution in [3.8, 4) is 11.4 Å². The molecule has 34 heavy (non-hydrogen) atoms. The molecule has 0 saturated heterocycles. The third kappa shape index (κ3) is 4.49. The van der Waals surface area contributed by atoms with E-state index in [1.165, 1.54) is 31.5 Å². The molecule has 2 heterocycles. The molecule has 0 spiro atoms. The maximum atomic E-state index is 13.3. The van der Waals surface area contributed by atoms with Gasteiger partial charge in [-0.2, -0.15) is 5.10 Å². The number of rotatable bonds is 7. The van der Waals surface area contributed by atoms with Crippen LogP contribution >= 0.6 is 0 Å². The average molecular weight is 483 g/mol. The van der Waals surface area contributed by atoms with Gasteiger partial charge in [-0.3, -0.25) is 9.78 Å². The van der Waals surface area contributed by atoms with Crippen molar-refractivity contribution < 1.29 is 22.3 Å². The normalized spacial score (nSPS) is 12.5. The molecule has 0 aliphatic carbocycles. The Kier molecular flexibility index (Phi) is 6.34. The third-order valence-electron chi connectivity index (χ3n) is 5.52. The van der Waals surface area contributed by atoms with Gasteiger partial charge < -0.3 is 10.1 Å². The second-order valence-corrected chi connectivity index (χ2v) is 9.75. The fourth-order valence-electron chi connectivity index (χ4n) is 3.77. The molecule has 0 unspecified atom stereocenters. The van der Waals surface area contributed by atoms with Crippen molar-refractivity contribution in [3.05, 3.63) is 78.0 Å². The van der Waals surface area contributed by atoms with Crippen molar-refractivity contribution in [3.63, 3.8) is 0 Å². The van der Waals surface area contributed by atoms with E-state index in [-0.39, 0.29) is 22.4 Å². The van der Waals surface area contributed by atoms with Crippen molar-refractivity contribution >= 4 is 26.6 Å². The lowest BCUT2D eigenvalue weighted by atomic mass is 10.0. The Morgan fingerprint density at radius 3 is 2.53 bits per heavy atom. The topological polar surface area (TPSA) is 103 Å². The molecule has 4 rings (SSSR count). The molecule has 8 nitrogen and oxygen atoms in total. The number of fused-ring (bicyclic) bond motifs is 1. The van der Waals surface area contributed by atoms with Gasteiger partial charge in [0.1, 0.15) is 16.5 Å². The van der Waals surface area contributed by atoms with Crippen LogP contribution in [0.25, 0.3) is 16.6 Å². The van der Waals surface area contributed by atoms with Crippen LogP contribution in [0.2, 0.25) is 0 Å². The van der Waals surface area contributed by atoms with Crippen LogP contribution in [0.4, 0.5) is 4.39 Å². The van der Waals surface area contributed by atoms with Crippen LogP contribution in [-0.4, -0.2) is 42.5 Å². The molecule has 2 aromatic carbocycles. The van der Waals surface area contributed by atoms with E-state index in [9.17, 15) is 17.6 Å². The summed E-state index contributed by atoms with van der Waals surface area (Å²) in [6.45, 7) is 1.89. The summed E-state index contributed by atoms with van der Waals surface area (Å²) in [5.74, 6) is -0.489. The predicted octanol–water partition coefficient (Wildman–Crippen LogP) is 3.85. The highest BCUT2D eigenvalue weighted by Gasteiger charge is 2.21. The molecular formula is C24H23FN4O4S. The second kappa shape index (κ2) is 9.22. The number of nitrogens with one attached hydrogen (secondary N) is 1. The van der Waals surface area contributed by atoms with Gasteiger partial charge in [-0.1, -0.05) is 13.0 Å². The maximum Gasteiger partial charge on any atom is 0.254 e. The number of pyridine rings is 1. The molecular weight excluding hydrogens is 459 g/mol. The summed E-state index contributed by atoms with van der Waals surface area (Å²) in [4.78, 5) is 17.5. The number of amides is 1. The largest absolute Gasteiger partial charge is 0.495 e. The minimum atomic E-state index is -3.53. The number of carbonyl (C=O) groups is 1. The zero-order valence-corrected chi connectivity index (χ0v) is 19.6. The van der Waals surface area contributed by atoms with Gasteiger partial charge in [0.2, 0.25) is 0 Å². The maximum absolute atomic E-state index is 13.3. The summed E-state index contributed by atoms with van der Waals surface area (Å²) in [6.07, 6.45) is 6.24. The predicted molar refractivity (Wildman–Crippen MR) is 125 cm³/mol. The van der Waals surface area contributed by atoms with Crippen LogP contribution in [0.5, 0.6) is 5.75 Å². The smallest absolute Gasteiger partial charge is 0.254 e. The Morgan fingerprint density at radius 2 is 1.88 bits per heavy atom. The van der Waals surface area contributed by atoms with Gasteiger partial charge in [-0.05, 0) is 48.4 Å². The number of aromatic nitrogens is 3. The molecule has 2 aromatic heterocycles. The van der Waals surface area contributed by atoms with Crippen LogP contribution in [0.1, 0.15) is 35.3 Å².